The van der Waals surface area contributed by atoms with E-state index in [-0.39, 0.29) is 0 Å². The van der Waals surface area contributed by atoms with Gasteiger partial charge in [0.05, 0.1) is 11.5 Å². The van der Waals surface area contributed by atoms with Gasteiger partial charge in [-0.25, -0.2) is 0 Å². The molecule has 0 aromatic heterocycles. The van der Waals surface area contributed by atoms with Gasteiger partial charge in [-0.1, -0.05) is 6.07 Å². The summed E-state index contributed by atoms with van der Waals surface area (Å²) in [6.07, 6.45) is 1.22. The average molecular weight is 216 g/mol. The standard InChI is InChI=1S/C12H16N4/c1-12(2,7-14)8-16-11-5-3-4-10(15)9(11)6-13/h3-6,13,16H,8,15H2,1-2H3. The van der Waals surface area contributed by atoms with Crippen LogP contribution < -0.4 is 11.1 Å². The van der Waals surface area contributed by atoms with Crippen LogP contribution in [0.4, 0.5) is 11.4 Å². The van der Waals surface area contributed by atoms with Crippen molar-refractivity contribution < 1.29 is 0 Å². The molecule has 0 bridgehead atoms. The van der Waals surface area contributed by atoms with Gasteiger partial charge in [-0.2, -0.15) is 5.26 Å². The van der Waals surface area contributed by atoms with Gasteiger partial charge in [0.1, 0.15) is 0 Å². The summed E-state index contributed by atoms with van der Waals surface area (Å²) in [6, 6.07) is 7.64. The monoisotopic (exact) mass is 216 g/mol. The van der Waals surface area contributed by atoms with Crippen LogP contribution >= 0.6 is 0 Å². The minimum absolute atomic E-state index is 0.441. The van der Waals surface area contributed by atoms with Crippen LogP contribution in [0.25, 0.3) is 0 Å². The summed E-state index contributed by atoms with van der Waals surface area (Å²) >= 11 is 0. The number of benzene rings is 1. The predicted octanol–water partition coefficient (Wildman–Crippen LogP) is 2.23. The minimum atomic E-state index is -0.441. The van der Waals surface area contributed by atoms with Crippen molar-refractivity contribution in [1.29, 1.82) is 10.7 Å². The van der Waals surface area contributed by atoms with E-state index in [0.717, 1.165) is 5.69 Å². The first-order valence-electron chi connectivity index (χ1n) is 5.04. The highest BCUT2D eigenvalue weighted by atomic mass is 14.9. The Hall–Kier alpha value is -2.02. The second-order valence-electron chi connectivity index (χ2n) is 4.30. The number of nitrogens with zero attached hydrogens (tertiary/aromatic N) is 1. The molecule has 0 atom stereocenters. The van der Waals surface area contributed by atoms with Gasteiger partial charge < -0.3 is 16.5 Å². The third-order valence-electron chi connectivity index (χ3n) is 2.31. The van der Waals surface area contributed by atoms with E-state index in [1.165, 1.54) is 6.21 Å². The Morgan fingerprint density at radius 2 is 2.25 bits per heavy atom. The van der Waals surface area contributed by atoms with E-state index in [1.807, 2.05) is 26.0 Å². The number of hydrogen-bond donors (Lipinski definition) is 3. The highest BCUT2D eigenvalue weighted by molar-refractivity contribution is 5.92. The molecule has 0 aliphatic rings. The van der Waals surface area contributed by atoms with Gasteiger partial charge in [0.15, 0.2) is 0 Å². The molecule has 0 aliphatic carbocycles. The molecule has 1 aromatic carbocycles. The van der Waals surface area contributed by atoms with Crippen molar-refractivity contribution in [2.75, 3.05) is 17.6 Å². The van der Waals surface area contributed by atoms with E-state index >= 15 is 0 Å². The molecule has 0 fully saturated rings. The highest BCUT2D eigenvalue weighted by Crippen LogP contribution is 2.22. The molecular weight excluding hydrogens is 200 g/mol. The number of nitrogens with two attached hydrogens (primary N) is 1. The van der Waals surface area contributed by atoms with Crippen LogP contribution in [0.1, 0.15) is 19.4 Å². The fourth-order valence-electron chi connectivity index (χ4n) is 1.25. The highest BCUT2D eigenvalue weighted by Gasteiger charge is 2.16. The Morgan fingerprint density at radius 1 is 1.56 bits per heavy atom. The molecule has 4 N–H and O–H groups in total. The van der Waals surface area contributed by atoms with Crippen molar-refractivity contribution in [2.24, 2.45) is 5.41 Å². The molecule has 0 saturated carbocycles. The second kappa shape index (κ2) is 4.67. The summed E-state index contributed by atoms with van der Waals surface area (Å²) in [4.78, 5) is 0. The van der Waals surface area contributed by atoms with Crippen molar-refractivity contribution >= 4 is 17.6 Å². The average Bonchev–Trinajstić information content (AvgIpc) is 2.26. The van der Waals surface area contributed by atoms with Crippen molar-refractivity contribution in [3.8, 4) is 6.07 Å². The quantitative estimate of drug-likeness (QED) is 0.533. The van der Waals surface area contributed by atoms with E-state index < -0.39 is 5.41 Å². The van der Waals surface area contributed by atoms with E-state index in [4.69, 9.17) is 16.4 Å². The molecule has 1 rings (SSSR count). The Balaban J connectivity index is 2.87. The molecule has 0 radical (unpaired) electrons. The summed E-state index contributed by atoms with van der Waals surface area (Å²) in [5.41, 5.74) is 7.32. The topological polar surface area (TPSA) is 85.7 Å². The van der Waals surface area contributed by atoms with Crippen LogP contribution in [0.3, 0.4) is 0 Å². The first-order valence-corrected chi connectivity index (χ1v) is 5.04. The van der Waals surface area contributed by atoms with E-state index in [0.29, 0.717) is 17.8 Å². The maximum absolute atomic E-state index is 8.89. The zero-order chi connectivity index (χ0) is 12.2. The summed E-state index contributed by atoms with van der Waals surface area (Å²) in [5, 5.41) is 19.3. The molecule has 0 heterocycles. The largest absolute Gasteiger partial charge is 0.398 e. The Bertz CT molecular complexity index is 429. The number of nitrogens with one attached hydrogen (secondary N) is 2. The molecule has 1 aromatic rings. The van der Waals surface area contributed by atoms with Crippen molar-refractivity contribution in [3.63, 3.8) is 0 Å². The normalized spacial score (nSPS) is 10.6. The Kier molecular flexibility index (Phi) is 3.51. The second-order valence-corrected chi connectivity index (χ2v) is 4.30. The van der Waals surface area contributed by atoms with Crippen LogP contribution in [0.2, 0.25) is 0 Å². The van der Waals surface area contributed by atoms with Gasteiger partial charge in [0.25, 0.3) is 0 Å². The molecular formula is C12H16N4. The summed E-state index contributed by atoms with van der Waals surface area (Å²) in [6.45, 7) is 4.24. The van der Waals surface area contributed by atoms with Crippen LogP contribution in [-0.2, 0) is 0 Å². The van der Waals surface area contributed by atoms with Gasteiger partial charge in [0, 0.05) is 29.7 Å². The van der Waals surface area contributed by atoms with Crippen LogP contribution in [0.5, 0.6) is 0 Å². The SMILES string of the molecule is CC(C)(C#N)CNc1cccc(N)c1C=N. The van der Waals surface area contributed by atoms with E-state index in [2.05, 4.69) is 11.4 Å². The van der Waals surface area contributed by atoms with Crippen molar-refractivity contribution in [3.05, 3.63) is 23.8 Å². The fraction of sp³-hybridized carbons (Fsp3) is 0.333. The van der Waals surface area contributed by atoms with Crippen LogP contribution in [-0.4, -0.2) is 12.8 Å². The predicted molar refractivity (Wildman–Crippen MR) is 66.6 cm³/mol. The number of rotatable bonds is 4. The maximum Gasteiger partial charge on any atom is 0.0702 e. The lowest BCUT2D eigenvalue weighted by molar-refractivity contribution is 0.529. The van der Waals surface area contributed by atoms with Gasteiger partial charge in [-0.3, -0.25) is 0 Å². The van der Waals surface area contributed by atoms with Crippen molar-refractivity contribution in [2.45, 2.75) is 13.8 Å². The zero-order valence-corrected chi connectivity index (χ0v) is 9.54. The van der Waals surface area contributed by atoms with Gasteiger partial charge >= 0.3 is 0 Å². The van der Waals surface area contributed by atoms with E-state index in [1.54, 1.807) is 6.07 Å². The lowest BCUT2D eigenvalue weighted by Gasteiger charge is -2.18. The number of nitrogen functional groups attached to an aromatic ring is 1. The first kappa shape index (κ1) is 12.1. The van der Waals surface area contributed by atoms with Gasteiger partial charge in [0.2, 0.25) is 0 Å². The molecule has 16 heavy (non-hydrogen) atoms. The number of anilines is 2. The Labute approximate surface area is 95.6 Å². The molecule has 0 amide bonds. The molecule has 0 saturated heterocycles. The van der Waals surface area contributed by atoms with E-state index in [9.17, 15) is 0 Å². The van der Waals surface area contributed by atoms with Gasteiger partial charge in [-0.05, 0) is 26.0 Å². The number of hydrogen-bond acceptors (Lipinski definition) is 4. The molecule has 84 valence electrons. The third kappa shape index (κ3) is 2.74. The molecule has 0 unspecified atom stereocenters. The van der Waals surface area contributed by atoms with Crippen LogP contribution in [0.15, 0.2) is 18.2 Å². The van der Waals surface area contributed by atoms with Gasteiger partial charge in [-0.15, -0.1) is 0 Å². The summed E-state index contributed by atoms with van der Waals surface area (Å²) < 4.78 is 0. The molecule has 0 spiro atoms. The third-order valence-corrected chi connectivity index (χ3v) is 2.31. The first-order chi connectivity index (χ1) is 7.50. The summed E-state index contributed by atoms with van der Waals surface area (Å²) in [7, 11) is 0. The number of nitriles is 1. The minimum Gasteiger partial charge on any atom is -0.398 e. The molecule has 4 heteroatoms. The molecule has 0 aliphatic heterocycles. The lowest BCUT2D eigenvalue weighted by atomic mass is 9.95. The summed E-state index contributed by atoms with van der Waals surface area (Å²) in [5.74, 6) is 0. The lowest BCUT2D eigenvalue weighted by Crippen LogP contribution is -2.21. The smallest absolute Gasteiger partial charge is 0.0702 e. The van der Waals surface area contributed by atoms with Crippen molar-refractivity contribution in [1.82, 2.24) is 0 Å². The molecule has 4 nitrogen and oxygen atoms in total. The van der Waals surface area contributed by atoms with Crippen LogP contribution in [0, 0.1) is 22.2 Å². The fourth-order valence-corrected chi connectivity index (χ4v) is 1.25. The zero-order valence-electron chi connectivity index (χ0n) is 9.54. The Morgan fingerprint density at radius 3 is 2.81 bits per heavy atom. The maximum atomic E-state index is 8.89.